The third-order valence-electron chi connectivity index (χ3n) is 3.11. The molecule has 1 atom stereocenters. The average Bonchev–Trinajstić information content (AvgIpc) is 2.94. The second-order valence-electron chi connectivity index (χ2n) is 4.56. The molecule has 1 aromatic heterocycles. The van der Waals surface area contributed by atoms with E-state index in [1.54, 1.807) is 0 Å². The number of benzene rings is 1. The van der Waals surface area contributed by atoms with Crippen molar-refractivity contribution >= 4 is 11.7 Å². The van der Waals surface area contributed by atoms with Crippen molar-refractivity contribution in [2.45, 2.75) is 19.5 Å². The highest BCUT2D eigenvalue weighted by Gasteiger charge is 2.28. The molecule has 2 heterocycles. The highest BCUT2D eigenvalue weighted by Crippen LogP contribution is 2.29. The van der Waals surface area contributed by atoms with Crippen LogP contribution in [0.3, 0.4) is 0 Å². The fourth-order valence-corrected chi connectivity index (χ4v) is 2.17. The number of nitrogens with zero attached hydrogens (tertiary/aromatic N) is 1. The van der Waals surface area contributed by atoms with Gasteiger partial charge < -0.3 is 20.4 Å². The number of nitrogens with one attached hydrogen (secondary N) is 3. The van der Waals surface area contributed by atoms with Crippen molar-refractivity contribution in [2.75, 3.05) is 11.9 Å². The Morgan fingerprint density at radius 2 is 2.15 bits per heavy atom. The number of hydrogen-bond donors (Lipinski definition) is 3. The Hall–Kier alpha value is -2.50. The zero-order chi connectivity index (χ0) is 13.9. The topological polar surface area (TPSA) is 79.0 Å². The number of carbonyl (C=O) groups excluding carboxylic acids is 1. The van der Waals surface area contributed by atoms with Crippen LogP contribution in [-0.4, -0.2) is 22.5 Å². The molecule has 1 unspecified atom stereocenters. The predicted molar refractivity (Wildman–Crippen MR) is 74.6 cm³/mol. The molecule has 6 heteroatoms. The summed E-state index contributed by atoms with van der Waals surface area (Å²) in [7, 11) is 0. The second kappa shape index (κ2) is 5.24. The van der Waals surface area contributed by atoms with Gasteiger partial charge in [0.1, 0.15) is 17.6 Å². The fraction of sp³-hybridized carbons (Fsp3) is 0.286. The lowest BCUT2D eigenvalue weighted by atomic mass is 10.1. The zero-order valence-corrected chi connectivity index (χ0v) is 11.1. The van der Waals surface area contributed by atoms with Crippen LogP contribution < -0.4 is 15.4 Å². The molecule has 0 aliphatic carbocycles. The van der Waals surface area contributed by atoms with Crippen LogP contribution in [-0.2, 0) is 0 Å². The quantitative estimate of drug-likeness (QED) is 0.796. The van der Waals surface area contributed by atoms with Gasteiger partial charge in [-0.2, -0.15) is 0 Å². The number of para-hydroxylation sites is 1. The minimum Gasteiger partial charge on any atom is -0.493 e. The molecule has 104 valence electrons. The van der Waals surface area contributed by atoms with Gasteiger partial charge in [-0.25, -0.2) is 4.98 Å². The summed E-state index contributed by atoms with van der Waals surface area (Å²) in [6.07, 6.45) is 2.09. The van der Waals surface area contributed by atoms with Gasteiger partial charge in [0.15, 0.2) is 5.82 Å². The number of fused-ring (bicyclic) bond motifs is 1. The number of ether oxygens (including phenoxy) is 1. The molecular formula is C14H16N4O2. The lowest BCUT2D eigenvalue weighted by molar-refractivity contribution is 0.0930. The molecule has 20 heavy (non-hydrogen) atoms. The Bertz CT molecular complexity index is 623. The van der Waals surface area contributed by atoms with E-state index in [0.29, 0.717) is 18.1 Å². The normalized spacial score (nSPS) is 17.1. The van der Waals surface area contributed by atoms with E-state index >= 15 is 0 Å². The maximum Gasteiger partial charge on any atom is 0.273 e. The number of aromatic nitrogens is 2. The number of aromatic amines is 1. The maximum absolute atomic E-state index is 12.0. The second-order valence-corrected chi connectivity index (χ2v) is 4.56. The third-order valence-corrected chi connectivity index (χ3v) is 3.11. The molecule has 6 nitrogen and oxygen atoms in total. The maximum atomic E-state index is 12.0. The Morgan fingerprint density at radius 1 is 1.30 bits per heavy atom. The van der Waals surface area contributed by atoms with Crippen molar-refractivity contribution in [3.8, 4) is 5.75 Å². The summed E-state index contributed by atoms with van der Waals surface area (Å²) >= 11 is 0. The van der Waals surface area contributed by atoms with E-state index in [2.05, 4.69) is 27.5 Å². The van der Waals surface area contributed by atoms with Gasteiger partial charge in [0.25, 0.3) is 5.91 Å². The first-order valence-corrected chi connectivity index (χ1v) is 6.62. The third kappa shape index (κ3) is 2.20. The van der Waals surface area contributed by atoms with Crippen molar-refractivity contribution in [1.29, 1.82) is 0 Å². The minimum atomic E-state index is -0.341. The molecule has 0 fully saturated rings. The van der Waals surface area contributed by atoms with Gasteiger partial charge in [-0.15, -0.1) is 0 Å². The van der Waals surface area contributed by atoms with E-state index in [1.807, 2.05) is 24.3 Å². The van der Waals surface area contributed by atoms with Crippen molar-refractivity contribution in [3.05, 3.63) is 41.9 Å². The molecular weight excluding hydrogens is 256 g/mol. The van der Waals surface area contributed by atoms with Crippen LogP contribution in [0.15, 0.2) is 30.6 Å². The summed E-state index contributed by atoms with van der Waals surface area (Å²) in [4.78, 5) is 18.9. The summed E-state index contributed by atoms with van der Waals surface area (Å²) in [6, 6.07) is 7.67. The average molecular weight is 272 g/mol. The Labute approximate surface area is 116 Å². The summed E-state index contributed by atoms with van der Waals surface area (Å²) in [5.41, 5.74) is 1.34. The molecule has 0 spiro atoms. The number of rotatable bonds is 4. The first-order valence-electron chi connectivity index (χ1n) is 6.62. The van der Waals surface area contributed by atoms with Gasteiger partial charge in [-0.05, 0) is 12.5 Å². The molecule has 1 aliphatic heterocycles. The molecule has 0 saturated heterocycles. The minimum absolute atomic E-state index is 0.174. The van der Waals surface area contributed by atoms with E-state index in [1.165, 1.54) is 6.33 Å². The highest BCUT2D eigenvalue weighted by molar-refractivity contribution is 5.99. The molecule has 1 aromatic carbocycles. The summed E-state index contributed by atoms with van der Waals surface area (Å²) < 4.78 is 5.72. The standard InChI is InChI=1S/C14H16N4O2/c1-2-7-20-10-6-4-3-5-9(10)12-17-13-11(14(19)18-12)15-8-16-13/h3-6,8,12,17H,2,7H2,1H3,(H,15,16)(H,18,19). The van der Waals surface area contributed by atoms with Crippen LogP contribution >= 0.6 is 0 Å². The van der Waals surface area contributed by atoms with Crippen LogP contribution in [0.5, 0.6) is 5.75 Å². The van der Waals surface area contributed by atoms with Gasteiger partial charge in [-0.3, -0.25) is 4.79 Å². The molecule has 2 aromatic rings. The molecule has 1 aliphatic rings. The van der Waals surface area contributed by atoms with E-state index in [-0.39, 0.29) is 12.1 Å². The number of carbonyl (C=O) groups is 1. The van der Waals surface area contributed by atoms with E-state index in [9.17, 15) is 4.79 Å². The number of amides is 1. The van der Waals surface area contributed by atoms with Crippen LogP contribution in [0.25, 0.3) is 0 Å². The Kier molecular flexibility index (Phi) is 3.28. The van der Waals surface area contributed by atoms with Crippen LogP contribution in [0, 0.1) is 0 Å². The SMILES string of the molecule is CCCOc1ccccc1C1NC(=O)c2[nH]cnc2N1. The van der Waals surface area contributed by atoms with Crippen molar-refractivity contribution in [1.82, 2.24) is 15.3 Å². The summed E-state index contributed by atoms with van der Waals surface area (Å²) in [6.45, 7) is 2.70. The molecule has 0 bridgehead atoms. The van der Waals surface area contributed by atoms with Gasteiger partial charge in [-0.1, -0.05) is 25.1 Å². The lowest BCUT2D eigenvalue weighted by Gasteiger charge is -2.26. The zero-order valence-electron chi connectivity index (χ0n) is 11.1. The van der Waals surface area contributed by atoms with Crippen LogP contribution in [0.4, 0.5) is 5.82 Å². The smallest absolute Gasteiger partial charge is 0.273 e. The summed E-state index contributed by atoms with van der Waals surface area (Å²) in [5, 5.41) is 6.08. The van der Waals surface area contributed by atoms with Crippen molar-refractivity contribution in [3.63, 3.8) is 0 Å². The van der Waals surface area contributed by atoms with Crippen LogP contribution in [0.2, 0.25) is 0 Å². The van der Waals surface area contributed by atoms with Crippen molar-refractivity contribution < 1.29 is 9.53 Å². The van der Waals surface area contributed by atoms with Gasteiger partial charge in [0.05, 0.1) is 12.9 Å². The molecule has 3 N–H and O–H groups in total. The van der Waals surface area contributed by atoms with Gasteiger partial charge in [0, 0.05) is 5.56 Å². The Balaban J connectivity index is 1.89. The molecule has 0 saturated carbocycles. The highest BCUT2D eigenvalue weighted by atomic mass is 16.5. The first-order chi connectivity index (χ1) is 9.79. The van der Waals surface area contributed by atoms with E-state index in [4.69, 9.17) is 4.74 Å². The molecule has 0 radical (unpaired) electrons. The summed E-state index contributed by atoms with van der Waals surface area (Å²) in [5.74, 6) is 1.15. The Morgan fingerprint density at radius 3 is 3.00 bits per heavy atom. The molecule has 3 rings (SSSR count). The largest absolute Gasteiger partial charge is 0.493 e. The fourth-order valence-electron chi connectivity index (χ4n) is 2.17. The van der Waals surface area contributed by atoms with Gasteiger partial charge in [0.2, 0.25) is 0 Å². The monoisotopic (exact) mass is 272 g/mol. The predicted octanol–water partition coefficient (Wildman–Crippen LogP) is 2.05. The first kappa shape index (κ1) is 12.5. The van der Waals surface area contributed by atoms with Crippen LogP contribution in [0.1, 0.15) is 35.6 Å². The number of anilines is 1. The van der Waals surface area contributed by atoms with E-state index in [0.717, 1.165) is 17.7 Å². The number of hydrogen-bond acceptors (Lipinski definition) is 4. The van der Waals surface area contributed by atoms with Gasteiger partial charge >= 0.3 is 0 Å². The molecule has 1 amide bonds. The number of H-pyrrole nitrogens is 1. The van der Waals surface area contributed by atoms with Crippen molar-refractivity contribution in [2.24, 2.45) is 0 Å². The lowest BCUT2D eigenvalue weighted by Crippen LogP contribution is -2.38. The van der Waals surface area contributed by atoms with E-state index < -0.39 is 0 Å². The number of imidazole rings is 1.